The number of rotatable bonds is 12. The van der Waals surface area contributed by atoms with Crippen LogP contribution in [0.5, 0.6) is 0 Å². The Hall–Kier alpha value is -3.55. The maximum Gasteiger partial charge on any atom is 0.116 e. The molecule has 0 unspecified atom stereocenters. The van der Waals surface area contributed by atoms with Crippen molar-refractivity contribution < 1.29 is 18.9 Å². The normalized spacial score (nSPS) is 21.5. The van der Waals surface area contributed by atoms with E-state index in [0.29, 0.717) is 26.4 Å². The van der Waals surface area contributed by atoms with Crippen LogP contribution in [0.3, 0.4) is 0 Å². The lowest BCUT2D eigenvalue weighted by Crippen LogP contribution is -2.38. The summed E-state index contributed by atoms with van der Waals surface area (Å²) < 4.78 is 25.6. The number of hydrogen-bond acceptors (Lipinski definition) is 5. The summed E-state index contributed by atoms with van der Waals surface area (Å²) in [6, 6.07) is 30.5. The van der Waals surface area contributed by atoms with E-state index < -0.39 is 0 Å². The highest BCUT2D eigenvalue weighted by atomic mass is 16.6. The van der Waals surface area contributed by atoms with Crippen molar-refractivity contribution in [2.75, 3.05) is 6.61 Å². The smallest absolute Gasteiger partial charge is 0.116 e. The molecule has 1 aliphatic heterocycles. The molecule has 6 nitrogen and oxygen atoms in total. The Labute approximate surface area is 217 Å². The molecular weight excluding hydrogens is 464 g/mol. The Bertz CT molecular complexity index is 1200. The minimum Gasteiger partial charge on any atom is -0.374 e. The summed E-state index contributed by atoms with van der Waals surface area (Å²) >= 11 is 0. The maximum atomic E-state index is 6.50. The molecule has 1 aromatic heterocycles. The lowest BCUT2D eigenvalue weighted by Gasteiger charge is -2.24. The molecule has 1 aliphatic rings. The first-order valence-corrected chi connectivity index (χ1v) is 12.6. The zero-order valence-electron chi connectivity index (χ0n) is 20.7. The van der Waals surface area contributed by atoms with Crippen LogP contribution in [-0.4, -0.2) is 41.0 Å². The molecular formula is C31H32N2O4. The van der Waals surface area contributed by atoms with E-state index in [1.54, 1.807) is 12.5 Å². The second-order valence-corrected chi connectivity index (χ2v) is 9.03. The molecule has 0 bridgehead atoms. The summed E-state index contributed by atoms with van der Waals surface area (Å²) in [6.45, 7) is 1.84. The number of aromatic nitrogens is 2. The third-order valence-corrected chi connectivity index (χ3v) is 6.30. The minimum atomic E-state index is -0.312. The van der Waals surface area contributed by atoms with Crippen LogP contribution in [0.2, 0.25) is 0 Å². The van der Waals surface area contributed by atoms with Gasteiger partial charge in [-0.15, -0.1) is 0 Å². The quantitative estimate of drug-likeness (QED) is 0.277. The SMILES string of the molecule is C(=C\[C@@H]1O[C@H](COCc2ccccc2)[C@@H](OCc2ccccc2)[C@H]1OCc1ccccc1)/c1cnc[nH]1. The summed E-state index contributed by atoms with van der Waals surface area (Å²) in [4.78, 5) is 7.21. The largest absolute Gasteiger partial charge is 0.374 e. The van der Waals surface area contributed by atoms with Crippen molar-refractivity contribution in [1.82, 2.24) is 9.97 Å². The molecule has 0 saturated carbocycles. The third kappa shape index (κ3) is 7.24. The van der Waals surface area contributed by atoms with Gasteiger partial charge < -0.3 is 23.9 Å². The van der Waals surface area contributed by atoms with Crippen LogP contribution in [-0.2, 0) is 38.8 Å². The molecule has 190 valence electrons. The number of H-pyrrole nitrogens is 1. The van der Waals surface area contributed by atoms with Crippen LogP contribution in [0.15, 0.2) is 110 Å². The van der Waals surface area contributed by atoms with Crippen LogP contribution in [0, 0.1) is 0 Å². The second-order valence-electron chi connectivity index (χ2n) is 9.03. The predicted molar refractivity (Wildman–Crippen MR) is 142 cm³/mol. The number of ether oxygens (including phenoxy) is 4. The topological polar surface area (TPSA) is 65.6 Å². The first-order valence-electron chi connectivity index (χ1n) is 12.6. The van der Waals surface area contributed by atoms with E-state index in [2.05, 4.69) is 46.4 Å². The first kappa shape index (κ1) is 25.1. The van der Waals surface area contributed by atoms with E-state index in [4.69, 9.17) is 18.9 Å². The Morgan fingerprint density at radius 2 is 1.30 bits per heavy atom. The average Bonchev–Trinajstić information content (AvgIpc) is 3.59. The molecule has 0 aliphatic carbocycles. The van der Waals surface area contributed by atoms with Gasteiger partial charge in [-0.05, 0) is 22.8 Å². The number of aromatic amines is 1. The number of imidazole rings is 1. The number of hydrogen-bond donors (Lipinski definition) is 1. The van der Waals surface area contributed by atoms with Crippen LogP contribution in [0.25, 0.3) is 6.08 Å². The maximum absolute atomic E-state index is 6.50. The van der Waals surface area contributed by atoms with Gasteiger partial charge in [-0.2, -0.15) is 0 Å². The lowest BCUT2D eigenvalue weighted by atomic mass is 10.1. The molecule has 1 fully saturated rings. The molecule has 2 heterocycles. The molecule has 1 saturated heterocycles. The van der Waals surface area contributed by atoms with E-state index in [1.807, 2.05) is 66.7 Å². The molecule has 0 spiro atoms. The molecule has 3 aromatic carbocycles. The van der Waals surface area contributed by atoms with Crippen molar-refractivity contribution >= 4 is 6.08 Å². The van der Waals surface area contributed by atoms with Gasteiger partial charge in [-0.3, -0.25) is 0 Å². The molecule has 0 radical (unpaired) electrons. The van der Waals surface area contributed by atoms with Crippen molar-refractivity contribution in [2.24, 2.45) is 0 Å². The zero-order valence-corrected chi connectivity index (χ0v) is 20.7. The van der Waals surface area contributed by atoms with Crippen molar-refractivity contribution in [3.63, 3.8) is 0 Å². The van der Waals surface area contributed by atoms with Crippen molar-refractivity contribution in [3.8, 4) is 0 Å². The second kappa shape index (κ2) is 13.1. The molecule has 5 rings (SSSR count). The van der Waals surface area contributed by atoms with E-state index in [-0.39, 0.29) is 24.4 Å². The number of nitrogens with zero attached hydrogens (tertiary/aromatic N) is 1. The van der Waals surface area contributed by atoms with Crippen molar-refractivity contribution in [3.05, 3.63) is 132 Å². The Balaban J connectivity index is 1.33. The fourth-order valence-corrected chi connectivity index (χ4v) is 4.39. The predicted octanol–water partition coefficient (Wildman–Crippen LogP) is 5.58. The fourth-order valence-electron chi connectivity index (χ4n) is 4.39. The van der Waals surface area contributed by atoms with Crippen molar-refractivity contribution in [1.29, 1.82) is 0 Å². The van der Waals surface area contributed by atoms with Gasteiger partial charge in [0, 0.05) is 0 Å². The first-order chi connectivity index (χ1) is 18.3. The summed E-state index contributed by atoms with van der Waals surface area (Å²) in [5.41, 5.74) is 4.22. The molecule has 4 atom stereocenters. The van der Waals surface area contributed by atoms with Gasteiger partial charge in [0.1, 0.15) is 24.4 Å². The van der Waals surface area contributed by atoms with Crippen LogP contribution in [0.1, 0.15) is 22.4 Å². The molecule has 6 heteroatoms. The Morgan fingerprint density at radius 3 is 1.86 bits per heavy atom. The molecule has 1 N–H and O–H groups in total. The lowest BCUT2D eigenvalue weighted by molar-refractivity contribution is -0.0896. The highest BCUT2D eigenvalue weighted by Gasteiger charge is 2.45. The third-order valence-electron chi connectivity index (χ3n) is 6.30. The van der Waals surface area contributed by atoms with E-state index >= 15 is 0 Å². The number of nitrogens with one attached hydrogen (secondary N) is 1. The van der Waals surface area contributed by atoms with E-state index in [9.17, 15) is 0 Å². The fraction of sp³-hybridized carbons (Fsp3) is 0.258. The van der Waals surface area contributed by atoms with Gasteiger partial charge in [0.25, 0.3) is 0 Å². The Morgan fingerprint density at radius 1 is 0.730 bits per heavy atom. The summed E-state index contributed by atoms with van der Waals surface area (Å²) in [7, 11) is 0. The van der Waals surface area contributed by atoms with E-state index in [0.717, 1.165) is 22.4 Å². The highest BCUT2D eigenvalue weighted by molar-refractivity contribution is 5.44. The average molecular weight is 497 g/mol. The summed E-state index contributed by atoms with van der Waals surface area (Å²) in [5.74, 6) is 0. The van der Waals surface area contributed by atoms with Gasteiger partial charge in [0.15, 0.2) is 0 Å². The van der Waals surface area contributed by atoms with Gasteiger partial charge in [-0.25, -0.2) is 4.98 Å². The van der Waals surface area contributed by atoms with Crippen LogP contribution < -0.4 is 0 Å². The molecule has 37 heavy (non-hydrogen) atoms. The summed E-state index contributed by atoms with van der Waals surface area (Å²) in [6.07, 6.45) is 6.20. The van der Waals surface area contributed by atoms with Crippen LogP contribution in [0.4, 0.5) is 0 Å². The van der Waals surface area contributed by atoms with Gasteiger partial charge in [0.05, 0.1) is 44.6 Å². The standard InChI is InChI=1S/C31H32N2O4/c1-4-10-24(11-5-1)19-34-22-29-31(36-21-26-14-8-3-9-15-26)30(35-20-25-12-6-2-7-13-25)28(37-29)17-16-27-18-32-23-33-27/h1-18,23,28-31H,19-22H2,(H,32,33)/b17-16+/t28-,29+,30-,31+/m0/s1. The van der Waals surface area contributed by atoms with Crippen LogP contribution >= 0.6 is 0 Å². The summed E-state index contributed by atoms with van der Waals surface area (Å²) in [5, 5.41) is 0. The monoisotopic (exact) mass is 496 g/mol. The Kier molecular flexibility index (Phi) is 8.91. The highest BCUT2D eigenvalue weighted by Crippen LogP contribution is 2.30. The number of benzene rings is 3. The molecule has 0 amide bonds. The van der Waals surface area contributed by atoms with E-state index in [1.165, 1.54) is 0 Å². The molecule has 4 aromatic rings. The zero-order chi connectivity index (χ0) is 25.1. The minimum absolute atomic E-state index is 0.287. The van der Waals surface area contributed by atoms with Gasteiger partial charge >= 0.3 is 0 Å². The van der Waals surface area contributed by atoms with Crippen molar-refractivity contribution in [2.45, 2.75) is 44.2 Å². The van der Waals surface area contributed by atoms with Gasteiger partial charge in [-0.1, -0.05) is 97.1 Å². The van der Waals surface area contributed by atoms with Gasteiger partial charge in [0.2, 0.25) is 0 Å².